The Labute approximate surface area is 90.8 Å². The van der Waals surface area contributed by atoms with E-state index in [1.54, 1.807) is 27.9 Å². The van der Waals surface area contributed by atoms with E-state index < -0.39 is 11.7 Å². The lowest BCUT2D eigenvalue weighted by atomic mass is 10.0. The topological polar surface area (TPSA) is 67.8 Å². The molecule has 1 atom stereocenters. The summed E-state index contributed by atoms with van der Waals surface area (Å²) in [5, 5.41) is 12.3. The van der Waals surface area contributed by atoms with Gasteiger partial charge in [0.2, 0.25) is 0 Å². The summed E-state index contributed by atoms with van der Waals surface area (Å²) in [4.78, 5) is 11.1. The number of rotatable bonds is 6. The summed E-state index contributed by atoms with van der Waals surface area (Å²) >= 11 is 0. The van der Waals surface area contributed by atoms with Crippen molar-refractivity contribution in [3.63, 3.8) is 0 Å². The van der Waals surface area contributed by atoms with Crippen molar-refractivity contribution in [2.45, 2.75) is 38.9 Å². The quantitative estimate of drug-likeness (QED) is 0.696. The molecule has 0 heterocycles. The zero-order chi connectivity index (χ0) is 11.9. The minimum absolute atomic E-state index is 0.155. The Morgan fingerprint density at radius 1 is 1.53 bits per heavy atom. The Bertz CT molecular complexity index is 192. The van der Waals surface area contributed by atoms with Crippen molar-refractivity contribution in [3.8, 4) is 0 Å². The maximum absolute atomic E-state index is 11.1. The van der Waals surface area contributed by atoms with Crippen LogP contribution < -0.4 is 5.32 Å². The highest BCUT2D eigenvalue weighted by molar-refractivity contribution is 5.67. The van der Waals surface area contributed by atoms with Crippen LogP contribution in [0.2, 0.25) is 0 Å². The van der Waals surface area contributed by atoms with Crippen LogP contribution in [0.5, 0.6) is 0 Å². The summed E-state index contributed by atoms with van der Waals surface area (Å²) in [6.07, 6.45) is -0.206. The number of nitrogens with one attached hydrogen (secondary N) is 1. The average molecular weight is 219 g/mol. The van der Waals surface area contributed by atoms with Gasteiger partial charge in [0.05, 0.1) is 11.7 Å². The second-order valence-electron chi connectivity index (χ2n) is 4.05. The van der Waals surface area contributed by atoms with Gasteiger partial charge in [-0.15, -0.1) is 0 Å². The minimum atomic E-state index is -0.966. The Hall–Kier alpha value is -0.810. The van der Waals surface area contributed by atoms with Crippen LogP contribution in [0, 0.1) is 0 Å². The van der Waals surface area contributed by atoms with Crippen LogP contribution in [0.25, 0.3) is 0 Å². The minimum Gasteiger partial charge on any atom is -0.447 e. The van der Waals surface area contributed by atoms with Crippen molar-refractivity contribution in [2.75, 3.05) is 20.3 Å². The molecule has 0 aliphatic heterocycles. The first-order valence-electron chi connectivity index (χ1n) is 5.03. The van der Waals surface area contributed by atoms with Gasteiger partial charge < -0.3 is 19.9 Å². The molecule has 0 aliphatic rings. The molecule has 1 amide bonds. The zero-order valence-electron chi connectivity index (χ0n) is 9.87. The lowest BCUT2D eigenvalue weighted by Crippen LogP contribution is -2.42. The number of hydrogen-bond acceptors (Lipinski definition) is 4. The van der Waals surface area contributed by atoms with Crippen molar-refractivity contribution in [1.82, 2.24) is 5.32 Å². The first-order chi connectivity index (χ1) is 6.87. The van der Waals surface area contributed by atoms with E-state index >= 15 is 0 Å². The van der Waals surface area contributed by atoms with Gasteiger partial charge in [0, 0.05) is 26.7 Å². The first-order valence-corrected chi connectivity index (χ1v) is 5.03. The molecule has 2 N–H and O–H groups in total. The molecular formula is C10H21NO4. The monoisotopic (exact) mass is 219 g/mol. The highest BCUT2D eigenvalue weighted by Gasteiger charge is 2.21. The van der Waals surface area contributed by atoms with E-state index in [2.05, 4.69) is 5.32 Å². The van der Waals surface area contributed by atoms with E-state index in [1.165, 1.54) is 0 Å². The van der Waals surface area contributed by atoms with Gasteiger partial charge in [-0.3, -0.25) is 0 Å². The second kappa shape index (κ2) is 6.63. The fraction of sp³-hybridized carbons (Fsp3) is 0.900. The molecule has 5 heteroatoms. The van der Waals surface area contributed by atoms with Gasteiger partial charge >= 0.3 is 6.09 Å². The molecule has 0 saturated heterocycles. The van der Waals surface area contributed by atoms with E-state index in [0.29, 0.717) is 13.0 Å². The second-order valence-corrected chi connectivity index (χ2v) is 4.05. The van der Waals surface area contributed by atoms with Crippen LogP contribution >= 0.6 is 0 Å². The lowest BCUT2D eigenvalue weighted by molar-refractivity contribution is 0.0224. The average Bonchev–Trinajstić information content (AvgIpc) is 2.11. The summed E-state index contributed by atoms with van der Waals surface area (Å²) in [5.41, 5.74) is -0.966. The summed E-state index contributed by atoms with van der Waals surface area (Å²) in [6.45, 7) is 5.78. The molecule has 0 aromatic heterocycles. The third-order valence-corrected chi connectivity index (χ3v) is 1.80. The maximum Gasteiger partial charge on any atom is 0.407 e. The highest BCUT2D eigenvalue weighted by atomic mass is 16.6. The van der Waals surface area contributed by atoms with E-state index in [0.717, 1.165) is 0 Å². The Morgan fingerprint density at radius 2 is 2.13 bits per heavy atom. The van der Waals surface area contributed by atoms with E-state index in [4.69, 9.17) is 9.47 Å². The van der Waals surface area contributed by atoms with Crippen molar-refractivity contribution in [3.05, 3.63) is 0 Å². The summed E-state index contributed by atoms with van der Waals surface area (Å²) in [6, 6.07) is 0. The normalized spacial score (nSPS) is 14.8. The van der Waals surface area contributed by atoms with Gasteiger partial charge in [-0.05, 0) is 20.8 Å². The van der Waals surface area contributed by atoms with Crippen LogP contribution in [-0.2, 0) is 9.47 Å². The van der Waals surface area contributed by atoms with Crippen LogP contribution in [0.3, 0.4) is 0 Å². The predicted molar refractivity (Wildman–Crippen MR) is 56.7 cm³/mol. The van der Waals surface area contributed by atoms with Gasteiger partial charge in [0.1, 0.15) is 0 Å². The molecule has 0 bridgehead atoms. The number of carbonyl (C=O) groups excluding carboxylic acids is 1. The predicted octanol–water partition coefficient (Wildman–Crippen LogP) is 0.908. The highest BCUT2D eigenvalue weighted by Crippen LogP contribution is 2.07. The number of methoxy groups -OCH3 is 1. The van der Waals surface area contributed by atoms with Crippen molar-refractivity contribution < 1.29 is 19.4 Å². The maximum atomic E-state index is 11.1. The Kier molecular flexibility index (Phi) is 6.27. The van der Waals surface area contributed by atoms with E-state index in [-0.39, 0.29) is 12.6 Å². The third-order valence-electron chi connectivity index (χ3n) is 1.80. The van der Waals surface area contributed by atoms with Crippen molar-refractivity contribution in [1.29, 1.82) is 0 Å². The fourth-order valence-corrected chi connectivity index (χ4v) is 0.929. The molecule has 0 fully saturated rings. The molecule has 0 aliphatic carbocycles. The summed E-state index contributed by atoms with van der Waals surface area (Å²) in [5.74, 6) is 0. The number of hydrogen-bond donors (Lipinski definition) is 2. The van der Waals surface area contributed by atoms with Gasteiger partial charge in [0.25, 0.3) is 0 Å². The smallest absolute Gasteiger partial charge is 0.407 e. The SMILES string of the molecule is COCCC(C)(O)CNC(=O)OC(C)C. The van der Waals surface area contributed by atoms with Crippen LogP contribution in [0.1, 0.15) is 27.2 Å². The fourth-order valence-electron chi connectivity index (χ4n) is 0.929. The molecule has 90 valence electrons. The van der Waals surface area contributed by atoms with Gasteiger partial charge in [-0.2, -0.15) is 0 Å². The molecule has 0 saturated carbocycles. The number of carbonyl (C=O) groups is 1. The van der Waals surface area contributed by atoms with Crippen LogP contribution in [0.15, 0.2) is 0 Å². The lowest BCUT2D eigenvalue weighted by Gasteiger charge is -2.23. The van der Waals surface area contributed by atoms with Crippen molar-refractivity contribution in [2.24, 2.45) is 0 Å². The number of aliphatic hydroxyl groups is 1. The summed E-state index contributed by atoms with van der Waals surface area (Å²) < 4.78 is 9.70. The largest absolute Gasteiger partial charge is 0.447 e. The number of ether oxygens (including phenoxy) is 2. The molecule has 5 nitrogen and oxygen atoms in total. The first kappa shape index (κ1) is 14.2. The van der Waals surface area contributed by atoms with E-state index in [1.807, 2.05) is 0 Å². The molecule has 1 unspecified atom stereocenters. The van der Waals surface area contributed by atoms with Crippen molar-refractivity contribution >= 4 is 6.09 Å². The number of amides is 1. The third kappa shape index (κ3) is 8.20. The molecule has 0 aromatic rings. The standard InChI is InChI=1S/C10H21NO4/c1-8(2)15-9(12)11-7-10(3,13)5-6-14-4/h8,13H,5-7H2,1-4H3,(H,11,12). The van der Waals surface area contributed by atoms with Gasteiger partial charge in [-0.25, -0.2) is 4.79 Å². The van der Waals surface area contributed by atoms with Gasteiger partial charge in [0.15, 0.2) is 0 Å². The molecule has 0 spiro atoms. The number of alkyl carbamates (subject to hydrolysis) is 1. The summed E-state index contributed by atoms with van der Waals surface area (Å²) in [7, 11) is 1.57. The Balaban J connectivity index is 3.77. The van der Waals surface area contributed by atoms with Crippen LogP contribution in [0.4, 0.5) is 4.79 Å². The molecule has 15 heavy (non-hydrogen) atoms. The van der Waals surface area contributed by atoms with Gasteiger partial charge in [-0.1, -0.05) is 0 Å². The molecular weight excluding hydrogens is 198 g/mol. The molecule has 0 radical (unpaired) electrons. The molecule has 0 rings (SSSR count). The van der Waals surface area contributed by atoms with Crippen LogP contribution in [-0.4, -0.2) is 43.2 Å². The molecule has 0 aromatic carbocycles. The van der Waals surface area contributed by atoms with E-state index in [9.17, 15) is 9.90 Å². The zero-order valence-corrected chi connectivity index (χ0v) is 9.87. The Morgan fingerprint density at radius 3 is 2.60 bits per heavy atom.